The lowest BCUT2D eigenvalue weighted by atomic mass is 9.89. The van der Waals surface area contributed by atoms with Gasteiger partial charge in [0.1, 0.15) is 0 Å². The molecule has 0 fully saturated rings. The molecule has 0 aromatic rings. The smallest absolute Gasteiger partial charge is 0.0319 e. The van der Waals surface area contributed by atoms with E-state index in [1.165, 1.54) is 24.8 Å². The number of aliphatic hydroxyl groups is 1. The first-order valence-corrected chi connectivity index (χ1v) is 4.06. The van der Waals surface area contributed by atoms with Gasteiger partial charge in [-0.25, -0.2) is 0 Å². The maximum Gasteiger partial charge on any atom is 0.0319 e. The number of rotatable bonds is 1. The van der Waals surface area contributed by atoms with Crippen LogP contribution in [0.3, 0.4) is 0 Å². The van der Waals surface area contributed by atoms with E-state index in [1.54, 1.807) is 0 Å². The molecule has 0 spiro atoms. The monoisotopic (exact) mass is 154 g/mol. The average molecular weight is 154 g/mol. The van der Waals surface area contributed by atoms with Crippen molar-refractivity contribution in [3.05, 3.63) is 24.3 Å². The van der Waals surface area contributed by atoms with Crippen molar-refractivity contribution in [2.45, 2.75) is 26.2 Å². The molecule has 11 heavy (non-hydrogen) atoms. The van der Waals surface area contributed by atoms with Crippen molar-refractivity contribution in [2.24, 2.45) is 5.92 Å². The molecule has 1 N–H and O–H groups in total. The molecule has 1 aliphatic carbocycles. The molecule has 64 valence electrons. The number of allylic oxidation sites excluding steroid dienone is 3. The standard InChI is InChI=1S/C9H14.CH4O/c1-8(2)9-6-4-3-5-7-9;1-2/h3-4,9H,1,5-7H2,2H3;2H,1H3/t9-;/m0./s1. The third-order valence-electron chi connectivity index (χ3n) is 1.97. The molecule has 0 saturated carbocycles. The van der Waals surface area contributed by atoms with Crippen LogP contribution in [0.2, 0.25) is 0 Å². The normalized spacial score (nSPS) is 21.9. The van der Waals surface area contributed by atoms with E-state index in [1.807, 2.05) is 0 Å². The molecule has 0 unspecified atom stereocenters. The molecule has 0 aromatic heterocycles. The minimum absolute atomic E-state index is 0.773. The first-order valence-electron chi connectivity index (χ1n) is 4.06. The van der Waals surface area contributed by atoms with Crippen LogP contribution in [0.1, 0.15) is 26.2 Å². The molecule has 1 heteroatoms. The Balaban J connectivity index is 0.000000461. The molecule has 0 aromatic carbocycles. The highest BCUT2D eigenvalue weighted by Crippen LogP contribution is 2.23. The molecule has 0 amide bonds. The summed E-state index contributed by atoms with van der Waals surface area (Å²) in [7, 11) is 1.00. The Kier molecular flexibility index (Phi) is 5.86. The molecule has 0 heterocycles. The van der Waals surface area contributed by atoms with Gasteiger partial charge in [-0.1, -0.05) is 24.3 Å². The zero-order valence-electron chi connectivity index (χ0n) is 7.51. The van der Waals surface area contributed by atoms with E-state index in [0.29, 0.717) is 0 Å². The summed E-state index contributed by atoms with van der Waals surface area (Å²) in [4.78, 5) is 0. The van der Waals surface area contributed by atoms with Crippen molar-refractivity contribution in [3.63, 3.8) is 0 Å². The van der Waals surface area contributed by atoms with Gasteiger partial charge in [-0.3, -0.25) is 0 Å². The molecule has 0 radical (unpaired) electrons. The van der Waals surface area contributed by atoms with Gasteiger partial charge in [0.15, 0.2) is 0 Å². The van der Waals surface area contributed by atoms with Crippen LogP contribution in [0, 0.1) is 5.92 Å². The van der Waals surface area contributed by atoms with E-state index >= 15 is 0 Å². The van der Waals surface area contributed by atoms with Crippen molar-refractivity contribution < 1.29 is 5.11 Å². The minimum atomic E-state index is 0.773. The molecule has 0 aliphatic heterocycles. The van der Waals surface area contributed by atoms with Crippen LogP contribution in [0.25, 0.3) is 0 Å². The second-order valence-electron chi connectivity index (χ2n) is 2.83. The highest BCUT2D eigenvalue weighted by Gasteiger charge is 2.08. The molecule has 1 rings (SSSR count). The lowest BCUT2D eigenvalue weighted by molar-refractivity contribution is 0.399. The van der Waals surface area contributed by atoms with Crippen molar-refractivity contribution in [1.29, 1.82) is 0 Å². The van der Waals surface area contributed by atoms with Crippen LogP contribution >= 0.6 is 0 Å². The second-order valence-corrected chi connectivity index (χ2v) is 2.83. The summed E-state index contributed by atoms with van der Waals surface area (Å²) < 4.78 is 0. The summed E-state index contributed by atoms with van der Waals surface area (Å²) in [6.45, 7) is 6.07. The minimum Gasteiger partial charge on any atom is -0.400 e. The molecule has 0 bridgehead atoms. The number of aliphatic hydroxyl groups excluding tert-OH is 1. The Morgan fingerprint density at radius 3 is 2.36 bits per heavy atom. The van der Waals surface area contributed by atoms with Gasteiger partial charge >= 0.3 is 0 Å². The quantitative estimate of drug-likeness (QED) is 0.575. The first kappa shape index (κ1) is 10.4. The molecular formula is C10H18O. The van der Waals surface area contributed by atoms with Crippen molar-refractivity contribution >= 4 is 0 Å². The van der Waals surface area contributed by atoms with Crippen LogP contribution in [0.4, 0.5) is 0 Å². The average Bonchev–Trinajstić information content (AvgIpc) is 2.10. The lowest BCUT2D eigenvalue weighted by Gasteiger charge is -2.16. The summed E-state index contributed by atoms with van der Waals surface area (Å²) in [6.07, 6.45) is 8.31. The summed E-state index contributed by atoms with van der Waals surface area (Å²) in [5.74, 6) is 0.773. The third kappa shape index (κ3) is 3.99. The topological polar surface area (TPSA) is 20.2 Å². The van der Waals surface area contributed by atoms with E-state index in [-0.39, 0.29) is 0 Å². The van der Waals surface area contributed by atoms with Crippen molar-refractivity contribution in [2.75, 3.05) is 7.11 Å². The fraction of sp³-hybridized carbons (Fsp3) is 0.600. The highest BCUT2D eigenvalue weighted by atomic mass is 16.2. The van der Waals surface area contributed by atoms with Gasteiger partial charge in [0.2, 0.25) is 0 Å². The second kappa shape index (κ2) is 6.17. The Morgan fingerprint density at radius 1 is 1.45 bits per heavy atom. The Morgan fingerprint density at radius 2 is 2.09 bits per heavy atom. The first-order chi connectivity index (χ1) is 5.30. The maximum absolute atomic E-state index is 7.00. The fourth-order valence-corrected chi connectivity index (χ4v) is 1.24. The number of hydrogen-bond donors (Lipinski definition) is 1. The van der Waals surface area contributed by atoms with Crippen molar-refractivity contribution in [3.8, 4) is 0 Å². The summed E-state index contributed by atoms with van der Waals surface area (Å²) in [5.41, 5.74) is 1.35. The van der Waals surface area contributed by atoms with Gasteiger partial charge in [-0.2, -0.15) is 0 Å². The van der Waals surface area contributed by atoms with E-state index in [4.69, 9.17) is 5.11 Å². The van der Waals surface area contributed by atoms with Crippen LogP contribution in [-0.4, -0.2) is 12.2 Å². The third-order valence-corrected chi connectivity index (χ3v) is 1.97. The molecule has 0 saturated heterocycles. The van der Waals surface area contributed by atoms with Crippen LogP contribution in [-0.2, 0) is 0 Å². The van der Waals surface area contributed by atoms with E-state index in [9.17, 15) is 0 Å². The Hall–Kier alpha value is -0.560. The highest BCUT2D eigenvalue weighted by molar-refractivity contribution is 5.03. The van der Waals surface area contributed by atoms with E-state index < -0.39 is 0 Å². The van der Waals surface area contributed by atoms with Gasteiger partial charge in [-0.15, -0.1) is 0 Å². The van der Waals surface area contributed by atoms with E-state index in [0.717, 1.165) is 13.0 Å². The molecule has 1 nitrogen and oxygen atoms in total. The van der Waals surface area contributed by atoms with Gasteiger partial charge in [0.05, 0.1) is 0 Å². The van der Waals surface area contributed by atoms with E-state index in [2.05, 4.69) is 25.7 Å². The summed E-state index contributed by atoms with van der Waals surface area (Å²) >= 11 is 0. The van der Waals surface area contributed by atoms with Crippen LogP contribution < -0.4 is 0 Å². The summed E-state index contributed by atoms with van der Waals surface area (Å²) in [6, 6.07) is 0. The zero-order valence-corrected chi connectivity index (χ0v) is 7.51. The largest absolute Gasteiger partial charge is 0.400 e. The predicted molar refractivity (Wildman–Crippen MR) is 49.4 cm³/mol. The van der Waals surface area contributed by atoms with Crippen LogP contribution in [0.5, 0.6) is 0 Å². The molecule has 1 aliphatic rings. The van der Waals surface area contributed by atoms with Gasteiger partial charge in [0, 0.05) is 7.11 Å². The molecular weight excluding hydrogens is 136 g/mol. The zero-order chi connectivity index (χ0) is 8.69. The SMILES string of the molecule is C=C(C)[C@H]1CC=CCC1.CO. The Bertz CT molecular complexity index is 136. The Labute approximate surface area is 69.4 Å². The lowest BCUT2D eigenvalue weighted by Crippen LogP contribution is -2.02. The molecule has 1 atom stereocenters. The van der Waals surface area contributed by atoms with Crippen molar-refractivity contribution in [1.82, 2.24) is 0 Å². The van der Waals surface area contributed by atoms with Gasteiger partial charge in [-0.05, 0) is 32.1 Å². The van der Waals surface area contributed by atoms with Gasteiger partial charge < -0.3 is 5.11 Å². The maximum atomic E-state index is 7.00. The fourth-order valence-electron chi connectivity index (χ4n) is 1.24. The van der Waals surface area contributed by atoms with Crippen LogP contribution in [0.15, 0.2) is 24.3 Å². The summed E-state index contributed by atoms with van der Waals surface area (Å²) in [5, 5.41) is 7.00. The predicted octanol–water partition coefficient (Wildman–Crippen LogP) is 2.53. The number of hydrogen-bond acceptors (Lipinski definition) is 1. The van der Waals surface area contributed by atoms with Gasteiger partial charge in [0.25, 0.3) is 0 Å².